The van der Waals surface area contributed by atoms with Crippen LogP contribution in [0.15, 0.2) is 73.1 Å². The number of anilines is 2. The summed E-state index contributed by atoms with van der Waals surface area (Å²) in [5, 5.41) is 6.71. The summed E-state index contributed by atoms with van der Waals surface area (Å²) in [4.78, 5) is 9.02. The van der Waals surface area contributed by atoms with Crippen LogP contribution in [0.1, 0.15) is 0 Å². The van der Waals surface area contributed by atoms with Crippen LogP contribution in [-0.4, -0.2) is 9.97 Å². The Morgan fingerprint density at radius 3 is 2.43 bits per heavy atom. The topological polar surface area (TPSA) is 37.8 Å². The molecule has 2 aromatic carbocycles. The van der Waals surface area contributed by atoms with Gasteiger partial charge in [0, 0.05) is 34.2 Å². The number of nitrogens with zero attached hydrogens (tertiary/aromatic N) is 2. The normalized spacial score (nSPS) is 10.9. The van der Waals surface area contributed by atoms with Crippen LogP contribution in [0.4, 0.5) is 11.5 Å². The van der Waals surface area contributed by atoms with Gasteiger partial charge in [-0.1, -0.05) is 36.4 Å². The number of hydrogen-bond donors (Lipinski definition) is 1. The fourth-order valence-electron chi connectivity index (χ4n) is 2.55. The summed E-state index contributed by atoms with van der Waals surface area (Å²) < 4.78 is 0. The van der Waals surface area contributed by atoms with Gasteiger partial charge in [0.15, 0.2) is 0 Å². The van der Waals surface area contributed by atoms with E-state index < -0.39 is 0 Å². The molecule has 0 aliphatic rings. The van der Waals surface area contributed by atoms with Gasteiger partial charge in [-0.15, -0.1) is 0 Å². The van der Waals surface area contributed by atoms with Crippen LogP contribution in [0, 0.1) is 0 Å². The van der Waals surface area contributed by atoms with Crippen LogP contribution < -0.4 is 5.32 Å². The predicted octanol–water partition coefficient (Wildman–Crippen LogP) is 4.53. The molecule has 3 nitrogen and oxygen atoms in total. The van der Waals surface area contributed by atoms with Crippen molar-refractivity contribution < 1.29 is 0 Å². The average Bonchev–Trinajstić information content (AvgIpc) is 2.56. The SMILES string of the molecule is c1ccc(Nc2nc3ccccc3c3cnccc23)cc1. The molecule has 0 bridgehead atoms. The highest BCUT2D eigenvalue weighted by molar-refractivity contribution is 6.10. The Labute approximate surface area is 122 Å². The first-order chi connectivity index (χ1) is 10.4. The van der Waals surface area contributed by atoms with E-state index in [0.717, 1.165) is 33.2 Å². The van der Waals surface area contributed by atoms with Crippen LogP contribution in [0.5, 0.6) is 0 Å². The zero-order valence-electron chi connectivity index (χ0n) is 11.3. The molecule has 0 atom stereocenters. The Morgan fingerprint density at radius 1 is 0.714 bits per heavy atom. The summed E-state index contributed by atoms with van der Waals surface area (Å²) in [6.45, 7) is 0. The minimum atomic E-state index is 0.859. The van der Waals surface area contributed by atoms with Crippen LogP contribution in [0.2, 0.25) is 0 Å². The molecule has 0 aliphatic carbocycles. The largest absolute Gasteiger partial charge is 0.340 e. The highest BCUT2D eigenvalue weighted by Gasteiger charge is 2.08. The summed E-state index contributed by atoms with van der Waals surface area (Å²) in [5.41, 5.74) is 2.00. The smallest absolute Gasteiger partial charge is 0.139 e. The number of benzene rings is 2. The average molecular weight is 271 g/mol. The number of fused-ring (bicyclic) bond motifs is 3. The Kier molecular flexibility index (Phi) is 2.75. The number of para-hydroxylation sites is 2. The van der Waals surface area contributed by atoms with Gasteiger partial charge in [-0.3, -0.25) is 4.98 Å². The molecule has 3 heteroatoms. The molecule has 21 heavy (non-hydrogen) atoms. The van der Waals surface area contributed by atoms with E-state index in [1.165, 1.54) is 0 Å². The lowest BCUT2D eigenvalue weighted by atomic mass is 10.1. The second kappa shape index (κ2) is 4.87. The van der Waals surface area contributed by atoms with Crippen LogP contribution in [-0.2, 0) is 0 Å². The lowest BCUT2D eigenvalue weighted by Crippen LogP contribution is -1.96. The zero-order chi connectivity index (χ0) is 14.1. The maximum Gasteiger partial charge on any atom is 0.139 e. The second-order valence-corrected chi connectivity index (χ2v) is 4.89. The molecule has 0 amide bonds. The third-order valence-electron chi connectivity index (χ3n) is 3.54. The fraction of sp³-hybridized carbons (Fsp3) is 0. The van der Waals surface area contributed by atoms with Gasteiger partial charge in [-0.25, -0.2) is 4.98 Å². The zero-order valence-corrected chi connectivity index (χ0v) is 11.3. The molecule has 100 valence electrons. The molecular weight excluding hydrogens is 258 g/mol. The lowest BCUT2D eigenvalue weighted by molar-refractivity contribution is 1.35. The molecule has 0 spiro atoms. The monoisotopic (exact) mass is 271 g/mol. The minimum Gasteiger partial charge on any atom is -0.340 e. The number of pyridine rings is 2. The van der Waals surface area contributed by atoms with Gasteiger partial charge in [0.05, 0.1) is 5.52 Å². The molecule has 4 rings (SSSR count). The Bertz CT molecular complexity index is 917. The van der Waals surface area contributed by atoms with Crippen molar-refractivity contribution in [1.82, 2.24) is 9.97 Å². The van der Waals surface area contributed by atoms with E-state index >= 15 is 0 Å². The van der Waals surface area contributed by atoms with Crippen molar-refractivity contribution in [2.75, 3.05) is 5.32 Å². The molecule has 0 fully saturated rings. The van der Waals surface area contributed by atoms with Crippen molar-refractivity contribution in [3.63, 3.8) is 0 Å². The van der Waals surface area contributed by atoms with E-state index in [1.807, 2.05) is 60.8 Å². The van der Waals surface area contributed by atoms with Gasteiger partial charge in [-0.2, -0.15) is 0 Å². The van der Waals surface area contributed by atoms with Gasteiger partial charge in [0.2, 0.25) is 0 Å². The molecular formula is C18H13N3. The summed E-state index contributed by atoms with van der Waals surface area (Å²) in [5.74, 6) is 0.859. The first kappa shape index (κ1) is 11.9. The fourth-order valence-corrected chi connectivity index (χ4v) is 2.55. The van der Waals surface area contributed by atoms with Crippen molar-refractivity contribution in [1.29, 1.82) is 0 Å². The molecule has 0 saturated carbocycles. The van der Waals surface area contributed by atoms with Crippen molar-refractivity contribution in [3.05, 3.63) is 73.1 Å². The lowest BCUT2D eigenvalue weighted by Gasteiger charge is -2.11. The Hall–Kier alpha value is -2.94. The number of hydrogen-bond acceptors (Lipinski definition) is 3. The van der Waals surface area contributed by atoms with Crippen molar-refractivity contribution in [2.24, 2.45) is 0 Å². The van der Waals surface area contributed by atoms with Gasteiger partial charge in [-0.05, 0) is 24.3 Å². The molecule has 2 aromatic heterocycles. The molecule has 2 heterocycles. The van der Waals surface area contributed by atoms with E-state index in [4.69, 9.17) is 4.98 Å². The van der Waals surface area contributed by atoms with Gasteiger partial charge >= 0.3 is 0 Å². The third-order valence-corrected chi connectivity index (χ3v) is 3.54. The highest BCUT2D eigenvalue weighted by atomic mass is 15.0. The van der Waals surface area contributed by atoms with E-state index in [2.05, 4.69) is 16.4 Å². The van der Waals surface area contributed by atoms with Crippen LogP contribution in [0.25, 0.3) is 21.7 Å². The Balaban J connectivity index is 1.98. The number of rotatable bonds is 2. The molecule has 0 saturated heterocycles. The molecule has 0 unspecified atom stereocenters. The molecule has 0 radical (unpaired) electrons. The predicted molar refractivity (Wildman–Crippen MR) is 86.8 cm³/mol. The number of nitrogens with one attached hydrogen (secondary N) is 1. The first-order valence-electron chi connectivity index (χ1n) is 6.86. The van der Waals surface area contributed by atoms with Gasteiger partial charge < -0.3 is 5.32 Å². The quantitative estimate of drug-likeness (QED) is 0.544. The van der Waals surface area contributed by atoms with Crippen LogP contribution >= 0.6 is 0 Å². The third kappa shape index (κ3) is 2.09. The first-order valence-corrected chi connectivity index (χ1v) is 6.86. The summed E-state index contributed by atoms with van der Waals surface area (Å²) in [6, 6.07) is 20.2. The molecule has 0 aliphatic heterocycles. The van der Waals surface area contributed by atoms with Crippen molar-refractivity contribution in [2.45, 2.75) is 0 Å². The van der Waals surface area contributed by atoms with Gasteiger partial charge in [0.1, 0.15) is 5.82 Å². The Morgan fingerprint density at radius 2 is 1.52 bits per heavy atom. The standard InChI is InChI=1S/C18H13N3/c1-2-6-13(7-3-1)20-18-15-10-11-19-12-16(15)14-8-4-5-9-17(14)21-18/h1-12H,(H,20,21). The van der Waals surface area contributed by atoms with Crippen molar-refractivity contribution in [3.8, 4) is 0 Å². The van der Waals surface area contributed by atoms with E-state index in [0.29, 0.717) is 0 Å². The second-order valence-electron chi connectivity index (χ2n) is 4.89. The minimum absolute atomic E-state index is 0.859. The summed E-state index contributed by atoms with van der Waals surface area (Å²) in [6.07, 6.45) is 3.70. The summed E-state index contributed by atoms with van der Waals surface area (Å²) >= 11 is 0. The maximum atomic E-state index is 4.76. The number of aromatic nitrogens is 2. The summed E-state index contributed by atoms with van der Waals surface area (Å²) in [7, 11) is 0. The molecule has 4 aromatic rings. The molecule has 1 N–H and O–H groups in total. The van der Waals surface area contributed by atoms with E-state index in [1.54, 1.807) is 6.20 Å². The van der Waals surface area contributed by atoms with Crippen molar-refractivity contribution >= 4 is 33.2 Å². The van der Waals surface area contributed by atoms with Gasteiger partial charge in [0.25, 0.3) is 0 Å². The van der Waals surface area contributed by atoms with E-state index in [9.17, 15) is 0 Å². The van der Waals surface area contributed by atoms with Crippen LogP contribution in [0.3, 0.4) is 0 Å². The maximum absolute atomic E-state index is 4.76. The highest BCUT2D eigenvalue weighted by Crippen LogP contribution is 2.30. The van der Waals surface area contributed by atoms with E-state index in [-0.39, 0.29) is 0 Å².